The lowest BCUT2D eigenvalue weighted by atomic mass is 9.71. The van der Waals surface area contributed by atoms with Crippen molar-refractivity contribution >= 4 is 0 Å². The molecule has 94 valence electrons. The Balaban J connectivity index is 3.12. The molecule has 0 saturated carbocycles. The van der Waals surface area contributed by atoms with Gasteiger partial charge in [0.2, 0.25) is 0 Å². The van der Waals surface area contributed by atoms with Crippen molar-refractivity contribution in [3.63, 3.8) is 0 Å². The summed E-state index contributed by atoms with van der Waals surface area (Å²) >= 11 is 0. The van der Waals surface area contributed by atoms with E-state index in [1.165, 1.54) is 38.5 Å². The monoisotopic (exact) mass is 222 g/mol. The van der Waals surface area contributed by atoms with Gasteiger partial charge in [0.05, 0.1) is 0 Å². The normalized spacial score (nSPS) is 25.1. The third-order valence-electron chi connectivity index (χ3n) is 3.78. The van der Waals surface area contributed by atoms with Crippen molar-refractivity contribution in [3.8, 4) is 0 Å². The summed E-state index contributed by atoms with van der Waals surface area (Å²) in [5, 5.41) is 0. The van der Waals surface area contributed by atoms with E-state index in [0.717, 1.165) is 0 Å². The molecule has 0 nitrogen and oxygen atoms in total. The lowest BCUT2D eigenvalue weighted by molar-refractivity contribution is 0.397. The van der Waals surface area contributed by atoms with Crippen LogP contribution in [0, 0.1) is 10.8 Å². The SMILES string of the molecule is CC(C)(C)/C1=C(\C(C)(C)C)CCCCCC1. The Morgan fingerprint density at radius 1 is 0.562 bits per heavy atom. The molecule has 0 amide bonds. The maximum Gasteiger partial charge on any atom is -0.0170 e. The van der Waals surface area contributed by atoms with Gasteiger partial charge >= 0.3 is 0 Å². The van der Waals surface area contributed by atoms with Crippen molar-refractivity contribution < 1.29 is 0 Å². The van der Waals surface area contributed by atoms with Gasteiger partial charge < -0.3 is 0 Å². The molecule has 0 N–H and O–H groups in total. The topological polar surface area (TPSA) is 0 Å². The van der Waals surface area contributed by atoms with E-state index in [0.29, 0.717) is 10.8 Å². The van der Waals surface area contributed by atoms with E-state index >= 15 is 0 Å². The third kappa shape index (κ3) is 3.64. The first-order valence-electron chi connectivity index (χ1n) is 6.96. The number of hydrogen-bond donors (Lipinski definition) is 0. The molecular formula is C16H30. The van der Waals surface area contributed by atoms with E-state index < -0.39 is 0 Å². The van der Waals surface area contributed by atoms with Gasteiger partial charge in [0.1, 0.15) is 0 Å². The van der Waals surface area contributed by atoms with Crippen LogP contribution in [0.1, 0.15) is 80.1 Å². The molecule has 0 fully saturated rings. The summed E-state index contributed by atoms with van der Waals surface area (Å²) in [6.07, 6.45) is 8.30. The summed E-state index contributed by atoms with van der Waals surface area (Å²) in [4.78, 5) is 0. The zero-order chi connectivity index (χ0) is 12.4. The van der Waals surface area contributed by atoms with Crippen molar-refractivity contribution in [2.75, 3.05) is 0 Å². The second-order valence-electron chi connectivity index (χ2n) is 7.37. The van der Waals surface area contributed by atoms with Crippen LogP contribution in [0.5, 0.6) is 0 Å². The number of rotatable bonds is 0. The molecule has 1 rings (SSSR count). The highest BCUT2D eigenvalue weighted by molar-refractivity contribution is 5.25. The first-order chi connectivity index (χ1) is 7.23. The van der Waals surface area contributed by atoms with Crippen molar-refractivity contribution in [1.29, 1.82) is 0 Å². The molecule has 0 heteroatoms. The van der Waals surface area contributed by atoms with Gasteiger partial charge in [-0.25, -0.2) is 0 Å². The first-order valence-corrected chi connectivity index (χ1v) is 6.96. The Bertz CT molecular complexity index is 227. The van der Waals surface area contributed by atoms with Crippen LogP contribution in [0.3, 0.4) is 0 Å². The number of hydrogen-bond acceptors (Lipinski definition) is 0. The molecule has 0 aromatic heterocycles. The summed E-state index contributed by atoms with van der Waals surface area (Å²) in [6, 6.07) is 0. The minimum Gasteiger partial charge on any atom is -0.0651 e. The predicted octanol–water partition coefficient (Wildman–Crippen LogP) is 5.73. The molecule has 16 heavy (non-hydrogen) atoms. The second kappa shape index (κ2) is 4.94. The average Bonchev–Trinajstić information content (AvgIpc) is 1.96. The van der Waals surface area contributed by atoms with Crippen LogP contribution in [0.15, 0.2) is 11.1 Å². The quantitative estimate of drug-likeness (QED) is 0.459. The summed E-state index contributed by atoms with van der Waals surface area (Å²) < 4.78 is 0. The summed E-state index contributed by atoms with van der Waals surface area (Å²) in [5.74, 6) is 0. The Morgan fingerprint density at radius 3 is 1.12 bits per heavy atom. The van der Waals surface area contributed by atoms with E-state index in [4.69, 9.17) is 0 Å². The van der Waals surface area contributed by atoms with E-state index in [1.54, 1.807) is 11.1 Å². The Morgan fingerprint density at radius 2 is 0.875 bits per heavy atom. The average molecular weight is 222 g/mol. The largest absolute Gasteiger partial charge is 0.0651 e. The second-order valence-corrected chi connectivity index (χ2v) is 7.37. The van der Waals surface area contributed by atoms with Crippen LogP contribution in [0.25, 0.3) is 0 Å². The van der Waals surface area contributed by atoms with Crippen molar-refractivity contribution in [2.45, 2.75) is 80.1 Å². The molecule has 1 aliphatic carbocycles. The maximum absolute atomic E-state index is 2.38. The standard InChI is InChI=1S/C16H30/c1-15(2,3)13-11-9-7-8-10-12-14(13)16(4,5)6/h7-12H2,1-6H3/b14-13-. The molecule has 0 saturated heterocycles. The van der Waals surface area contributed by atoms with Gasteiger partial charge in [0.15, 0.2) is 0 Å². The van der Waals surface area contributed by atoms with Gasteiger partial charge in [0, 0.05) is 0 Å². The van der Waals surface area contributed by atoms with E-state index in [1.807, 2.05) is 0 Å². The van der Waals surface area contributed by atoms with Gasteiger partial charge in [-0.2, -0.15) is 0 Å². The lowest BCUT2D eigenvalue weighted by Crippen LogP contribution is -2.20. The zero-order valence-corrected chi connectivity index (χ0v) is 12.2. The van der Waals surface area contributed by atoms with Gasteiger partial charge in [-0.1, -0.05) is 65.5 Å². The van der Waals surface area contributed by atoms with Crippen LogP contribution in [0.4, 0.5) is 0 Å². The van der Waals surface area contributed by atoms with Crippen LogP contribution in [-0.2, 0) is 0 Å². The molecule has 0 radical (unpaired) electrons. The zero-order valence-electron chi connectivity index (χ0n) is 12.2. The lowest BCUT2D eigenvalue weighted by Gasteiger charge is -2.35. The molecule has 0 spiro atoms. The molecule has 0 atom stereocenters. The van der Waals surface area contributed by atoms with E-state index in [9.17, 15) is 0 Å². The fourth-order valence-electron chi connectivity index (χ4n) is 2.91. The summed E-state index contributed by atoms with van der Waals surface area (Å²) in [5.41, 5.74) is 4.22. The third-order valence-corrected chi connectivity index (χ3v) is 3.78. The van der Waals surface area contributed by atoms with E-state index in [-0.39, 0.29) is 0 Å². The minimum atomic E-state index is 0.361. The molecule has 0 bridgehead atoms. The Kier molecular flexibility index (Phi) is 4.26. The van der Waals surface area contributed by atoms with Gasteiger partial charge in [-0.05, 0) is 36.5 Å². The van der Waals surface area contributed by atoms with E-state index in [2.05, 4.69) is 41.5 Å². The number of allylic oxidation sites excluding steroid dienone is 2. The highest BCUT2D eigenvalue weighted by Gasteiger charge is 2.27. The van der Waals surface area contributed by atoms with Gasteiger partial charge in [-0.3, -0.25) is 0 Å². The highest BCUT2D eigenvalue weighted by Crippen LogP contribution is 2.42. The summed E-state index contributed by atoms with van der Waals surface area (Å²) in [7, 11) is 0. The van der Waals surface area contributed by atoms with Crippen LogP contribution >= 0.6 is 0 Å². The minimum absolute atomic E-state index is 0.361. The highest BCUT2D eigenvalue weighted by atomic mass is 14.3. The van der Waals surface area contributed by atoms with Crippen molar-refractivity contribution in [2.24, 2.45) is 10.8 Å². The molecular weight excluding hydrogens is 192 g/mol. The Labute approximate surface area is 103 Å². The molecule has 0 unspecified atom stereocenters. The van der Waals surface area contributed by atoms with Crippen LogP contribution < -0.4 is 0 Å². The van der Waals surface area contributed by atoms with Crippen molar-refractivity contribution in [1.82, 2.24) is 0 Å². The van der Waals surface area contributed by atoms with Gasteiger partial charge in [0.25, 0.3) is 0 Å². The molecule has 0 aliphatic heterocycles. The molecule has 0 heterocycles. The molecule has 0 aromatic rings. The Hall–Kier alpha value is -0.260. The smallest absolute Gasteiger partial charge is 0.0170 e. The predicted molar refractivity (Wildman–Crippen MR) is 73.6 cm³/mol. The summed E-state index contributed by atoms with van der Waals surface area (Å²) in [6.45, 7) is 14.3. The fourth-order valence-corrected chi connectivity index (χ4v) is 2.91. The van der Waals surface area contributed by atoms with Crippen LogP contribution in [-0.4, -0.2) is 0 Å². The van der Waals surface area contributed by atoms with Crippen LogP contribution in [0.2, 0.25) is 0 Å². The molecule has 0 aromatic carbocycles. The molecule has 1 aliphatic rings. The van der Waals surface area contributed by atoms with Gasteiger partial charge in [-0.15, -0.1) is 0 Å². The fraction of sp³-hybridized carbons (Fsp3) is 0.875. The first kappa shape index (κ1) is 13.8. The van der Waals surface area contributed by atoms with Crippen molar-refractivity contribution in [3.05, 3.63) is 11.1 Å². The maximum atomic E-state index is 2.38.